The van der Waals surface area contributed by atoms with E-state index in [9.17, 15) is 27.2 Å². The first-order valence-corrected chi connectivity index (χ1v) is 13.0. The van der Waals surface area contributed by atoms with Crippen molar-refractivity contribution in [1.29, 1.82) is 0 Å². The minimum Gasteiger partial charge on any atom is -0.385 e. The Labute approximate surface area is 219 Å². The van der Waals surface area contributed by atoms with Gasteiger partial charge in [-0.15, -0.1) is 0 Å². The molecule has 0 aromatic heterocycles. The fourth-order valence-electron chi connectivity index (χ4n) is 5.27. The van der Waals surface area contributed by atoms with E-state index in [4.69, 9.17) is 4.74 Å². The van der Waals surface area contributed by atoms with Crippen molar-refractivity contribution in [2.24, 2.45) is 5.92 Å². The van der Waals surface area contributed by atoms with E-state index < -0.39 is 35.5 Å². The quantitative estimate of drug-likeness (QED) is 0.440. The van der Waals surface area contributed by atoms with Gasteiger partial charge in [0.15, 0.2) is 0 Å². The maximum absolute atomic E-state index is 14.9. The highest BCUT2D eigenvalue weighted by molar-refractivity contribution is 6.02. The van der Waals surface area contributed by atoms with Crippen molar-refractivity contribution in [3.8, 4) is 0 Å². The minimum atomic E-state index is -4.68. The molecule has 1 unspecified atom stereocenters. The summed E-state index contributed by atoms with van der Waals surface area (Å²) in [7, 11) is 0. The molecule has 2 fully saturated rings. The number of ether oxygens (including phenoxy) is 1. The third-order valence-corrected chi connectivity index (χ3v) is 7.38. The molecule has 0 radical (unpaired) electrons. The number of hydrogen-bond donors (Lipinski definition) is 2. The molecule has 3 atom stereocenters. The number of benzene rings is 2. The van der Waals surface area contributed by atoms with Crippen molar-refractivity contribution in [3.05, 3.63) is 64.5 Å². The standard InChI is InChI=1S/C28H33F4N3O3/c1-4-19-8-11-24(35(19)27(37)21-12-16(3)6-10-23(21)33-5-2)26(36)34-25(17-14-38-15-17)20-9-7-18(13-22(20)29)28(30,31)32/h6-7,9-10,12-13,17,19,24-25,33H,4-5,8,11,14-15H2,1-3H3,(H,34,36)/t19-,24-,25?/m1/s1. The topological polar surface area (TPSA) is 70.7 Å². The molecular formula is C28H33F4N3O3. The number of nitrogens with zero attached hydrogens (tertiary/aromatic N) is 1. The lowest BCUT2D eigenvalue weighted by molar-refractivity contribution is -0.138. The molecule has 2 aromatic rings. The molecule has 2 saturated heterocycles. The predicted molar refractivity (Wildman–Crippen MR) is 135 cm³/mol. The number of hydrogen-bond acceptors (Lipinski definition) is 4. The number of alkyl halides is 3. The highest BCUT2D eigenvalue weighted by Crippen LogP contribution is 2.36. The van der Waals surface area contributed by atoms with Gasteiger partial charge in [0.05, 0.1) is 30.4 Å². The lowest BCUT2D eigenvalue weighted by Crippen LogP contribution is -2.52. The van der Waals surface area contributed by atoms with Crippen LogP contribution >= 0.6 is 0 Å². The molecule has 10 heteroatoms. The largest absolute Gasteiger partial charge is 0.416 e. The first-order valence-electron chi connectivity index (χ1n) is 13.0. The van der Waals surface area contributed by atoms with E-state index in [1.165, 1.54) is 0 Å². The van der Waals surface area contributed by atoms with Crippen molar-refractivity contribution < 1.29 is 31.9 Å². The second-order valence-corrected chi connectivity index (χ2v) is 9.96. The van der Waals surface area contributed by atoms with E-state index in [0.29, 0.717) is 43.1 Å². The third kappa shape index (κ3) is 5.65. The van der Waals surface area contributed by atoms with Gasteiger partial charge >= 0.3 is 6.18 Å². The molecule has 0 aliphatic carbocycles. The summed E-state index contributed by atoms with van der Waals surface area (Å²) in [5, 5.41) is 6.06. The number of halogens is 4. The molecule has 2 aliphatic heterocycles. The Kier molecular flexibility index (Phi) is 8.30. The summed E-state index contributed by atoms with van der Waals surface area (Å²) in [6.07, 6.45) is -2.96. The van der Waals surface area contributed by atoms with E-state index in [0.717, 1.165) is 17.7 Å². The SMILES string of the molecule is CCNc1ccc(C)cc1C(=O)N1[C@H](CC)CC[C@@H]1C(=O)NC(c1ccc(C(F)(F)F)cc1F)C1COC1. The highest BCUT2D eigenvalue weighted by atomic mass is 19.4. The van der Waals surface area contributed by atoms with Crippen LogP contribution in [0.2, 0.25) is 0 Å². The highest BCUT2D eigenvalue weighted by Gasteiger charge is 2.43. The van der Waals surface area contributed by atoms with Gasteiger partial charge in [0.1, 0.15) is 11.9 Å². The number of rotatable bonds is 8. The Morgan fingerprint density at radius 1 is 1.11 bits per heavy atom. The van der Waals surface area contributed by atoms with Crippen LogP contribution in [0.5, 0.6) is 0 Å². The number of carbonyl (C=O) groups is 2. The number of aryl methyl sites for hydroxylation is 1. The number of carbonyl (C=O) groups excluding carboxylic acids is 2. The lowest BCUT2D eigenvalue weighted by Gasteiger charge is -2.36. The molecule has 206 valence electrons. The summed E-state index contributed by atoms with van der Waals surface area (Å²) in [6.45, 7) is 6.88. The number of anilines is 1. The zero-order valence-corrected chi connectivity index (χ0v) is 21.7. The molecule has 4 rings (SSSR count). The molecular weight excluding hydrogens is 502 g/mol. The summed E-state index contributed by atoms with van der Waals surface area (Å²) >= 11 is 0. The average molecular weight is 536 g/mol. The Bertz CT molecular complexity index is 1180. The van der Waals surface area contributed by atoms with Gasteiger partial charge < -0.3 is 20.3 Å². The normalized spacial score (nSPS) is 20.7. The van der Waals surface area contributed by atoms with Crippen molar-refractivity contribution >= 4 is 17.5 Å². The average Bonchev–Trinajstić information content (AvgIpc) is 3.27. The number of likely N-dealkylation sites (tertiary alicyclic amines) is 1. The van der Waals surface area contributed by atoms with Gasteiger partial charge in [0.2, 0.25) is 5.91 Å². The summed E-state index contributed by atoms with van der Waals surface area (Å²) < 4.78 is 59.4. The van der Waals surface area contributed by atoms with Gasteiger partial charge in [-0.25, -0.2) is 4.39 Å². The lowest BCUT2D eigenvalue weighted by atomic mass is 9.90. The maximum atomic E-state index is 14.9. The van der Waals surface area contributed by atoms with Gasteiger partial charge in [0.25, 0.3) is 5.91 Å². The monoisotopic (exact) mass is 535 g/mol. The van der Waals surface area contributed by atoms with E-state index >= 15 is 0 Å². The van der Waals surface area contributed by atoms with Crippen LogP contribution < -0.4 is 10.6 Å². The zero-order valence-electron chi connectivity index (χ0n) is 21.7. The van der Waals surface area contributed by atoms with E-state index in [1.54, 1.807) is 11.0 Å². The van der Waals surface area contributed by atoms with E-state index in [1.807, 2.05) is 32.9 Å². The second-order valence-electron chi connectivity index (χ2n) is 9.96. The zero-order chi connectivity index (χ0) is 27.6. The van der Waals surface area contributed by atoms with Crippen molar-refractivity contribution in [2.45, 2.75) is 64.3 Å². The minimum absolute atomic E-state index is 0.0318. The van der Waals surface area contributed by atoms with Gasteiger partial charge in [-0.05, 0) is 57.4 Å². The maximum Gasteiger partial charge on any atom is 0.416 e. The summed E-state index contributed by atoms with van der Waals surface area (Å²) in [5.41, 5.74) is 0.937. The molecule has 0 spiro atoms. The molecule has 2 heterocycles. The molecule has 2 amide bonds. The molecule has 6 nitrogen and oxygen atoms in total. The van der Waals surface area contributed by atoms with Gasteiger partial charge in [-0.3, -0.25) is 9.59 Å². The molecule has 2 N–H and O–H groups in total. The number of amides is 2. The van der Waals surface area contributed by atoms with Gasteiger partial charge in [0, 0.05) is 29.8 Å². The first-order chi connectivity index (χ1) is 18.0. The Hall–Kier alpha value is -3.14. The van der Waals surface area contributed by atoms with Crippen LogP contribution in [0.4, 0.5) is 23.2 Å². The van der Waals surface area contributed by atoms with Crippen molar-refractivity contribution in [3.63, 3.8) is 0 Å². The molecule has 38 heavy (non-hydrogen) atoms. The first kappa shape index (κ1) is 27.9. The van der Waals surface area contributed by atoms with Crippen molar-refractivity contribution in [2.75, 3.05) is 25.1 Å². The van der Waals surface area contributed by atoms with E-state index in [2.05, 4.69) is 10.6 Å². The molecule has 0 saturated carbocycles. The Morgan fingerprint density at radius 2 is 1.84 bits per heavy atom. The smallest absolute Gasteiger partial charge is 0.385 e. The van der Waals surface area contributed by atoms with Crippen LogP contribution in [0.1, 0.15) is 66.2 Å². The number of nitrogens with one attached hydrogen (secondary N) is 2. The third-order valence-electron chi connectivity index (χ3n) is 7.38. The molecule has 2 aromatic carbocycles. The fourth-order valence-corrected chi connectivity index (χ4v) is 5.27. The van der Waals surface area contributed by atoms with Gasteiger partial charge in [-0.1, -0.05) is 24.6 Å². The Balaban J connectivity index is 1.62. The Morgan fingerprint density at radius 3 is 2.42 bits per heavy atom. The van der Waals surface area contributed by atoms with Crippen LogP contribution in [-0.2, 0) is 15.7 Å². The summed E-state index contributed by atoms with van der Waals surface area (Å²) in [6, 6.07) is 6.07. The fraction of sp³-hybridized carbons (Fsp3) is 0.500. The molecule has 0 bridgehead atoms. The van der Waals surface area contributed by atoms with Crippen LogP contribution in [-0.4, -0.2) is 48.6 Å². The van der Waals surface area contributed by atoms with E-state index in [-0.39, 0.29) is 36.6 Å². The summed E-state index contributed by atoms with van der Waals surface area (Å²) in [4.78, 5) is 29.1. The van der Waals surface area contributed by atoms with Crippen LogP contribution in [0.25, 0.3) is 0 Å². The van der Waals surface area contributed by atoms with Crippen LogP contribution in [0.3, 0.4) is 0 Å². The summed E-state index contributed by atoms with van der Waals surface area (Å²) in [5.74, 6) is -2.06. The van der Waals surface area contributed by atoms with Gasteiger partial charge in [-0.2, -0.15) is 13.2 Å². The second kappa shape index (κ2) is 11.3. The van der Waals surface area contributed by atoms with Crippen LogP contribution in [0, 0.1) is 18.7 Å². The van der Waals surface area contributed by atoms with Crippen molar-refractivity contribution in [1.82, 2.24) is 10.2 Å². The van der Waals surface area contributed by atoms with Crippen LogP contribution in [0.15, 0.2) is 36.4 Å². The molecule has 2 aliphatic rings. The predicted octanol–water partition coefficient (Wildman–Crippen LogP) is 5.47.